The van der Waals surface area contributed by atoms with Gasteiger partial charge in [-0.1, -0.05) is 6.08 Å². The third-order valence-electron chi connectivity index (χ3n) is 4.21. The molecular formula is C18H23N3O5. The number of carbonyl (C=O) groups is 1. The summed E-state index contributed by atoms with van der Waals surface area (Å²) in [5.41, 5.74) is 4.22. The molecule has 0 atom stereocenters. The maximum Gasteiger partial charge on any atom is 0.271 e. The Balaban J connectivity index is 2.26. The zero-order chi connectivity index (χ0) is 19.2. The van der Waals surface area contributed by atoms with E-state index in [1.54, 1.807) is 49.7 Å². The zero-order valence-electron chi connectivity index (χ0n) is 15.5. The van der Waals surface area contributed by atoms with E-state index >= 15 is 0 Å². The van der Waals surface area contributed by atoms with Gasteiger partial charge in [0.1, 0.15) is 0 Å². The molecule has 0 spiro atoms. The largest absolute Gasteiger partial charge is 0.345 e. The second-order valence-corrected chi connectivity index (χ2v) is 5.46. The first kappa shape index (κ1) is 19.9. The molecule has 0 saturated heterocycles. The molecule has 140 valence electrons. The predicted octanol–water partition coefficient (Wildman–Crippen LogP) is 1.66. The summed E-state index contributed by atoms with van der Waals surface area (Å²) < 4.78 is 22.1. The van der Waals surface area contributed by atoms with Gasteiger partial charge in [-0.3, -0.25) is 9.78 Å². The Bertz CT molecular complexity index is 720. The smallest absolute Gasteiger partial charge is 0.271 e. The number of methoxy groups -OCH3 is 4. The molecule has 1 aliphatic rings. The molecule has 1 aliphatic carbocycles. The van der Waals surface area contributed by atoms with Gasteiger partial charge in [0.15, 0.2) is 0 Å². The van der Waals surface area contributed by atoms with E-state index in [0.717, 1.165) is 0 Å². The number of rotatable bonds is 7. The van der Waals surface area contributed by atoms with Gasteiger partial charge >= 0.3 is 0 Å². The molecule has 0 radical (unpaired) electrons. The van der Waals surface area contributed by atoms with Crippen molar-refractivity contribution >= 4 is 11.6 Å². The summed E-state index contributed by atoms with van der Waals surface area (Å²) in [4.78, 5) is 16.0. The van der Waals surface area contributed by atoms with Crippen LogP contribution in [-0.2, 0) is 18.9 Å². The number of aromatic nitrogens is 1. The molecule has 0 aromatic carbocycles. The minimum Gasteiger partial charge on any atom is -0.345 e. The molecule has 1 aromatic rings. The van der Waals surface area contributed by atoms with Crippen molar-refractivity contribution in [1.82, 2.24) is 10.4 Å². The van der Waals surface area contributed by atoms with Crippen LogP contribution in [0.25, 0.3) is 0 Å². The van der Waals surface area contributed by atoms with Gasteiger partial charge < -0.3 is 18.9 Å². The van der Waals surface area contributed by atoms with E-state index in [4.69, 9.17) is 18.9 Å². The van der Waals surface area contributed by atoms with Crippen molar-refractivity contribution < 1.29 is 23.7 Å². The number of carbonyl (C=O) groups excluding carboxylic acids is 1. The predicted molar refractivity (Wildman–Crippen MR) is 95.5 cm³/mol. The molecule has 0 fully saturated rings. The van der Waals surface area contributed by atoms with Crippen molar-refractivity contribution in [2.75, 3.05) is 28.4 Å². The minimum atomic E-state index is -1.31. The topological polar surface area (TPSA) is 91.3 Å². The molecule has 1 heterocycles. The van der Waals surface area contributed by atoms with Crippen LogP contribution in [0.5, 0.6) is 0 Å². The standard InChI is InChI=1S/C18H23N3O5/c1-13(20-21-16(22)14-7-10-19-11-8-14)15-6-9-17(23-2,24-3)18(12-15,25-4)26-5/h6-12H,1-5H3,(H,21,22)/b20-13+. The Morgan fingerprint density at radius 1 is 1.04 bits per heavy atom. The van der Waals surface area contributed by atoms with Gasteiger partial charge in [0, 0.05) is 46.4 Å². The maximum atomic E-state index is 12.1. The molecular weight excluding hydrogens is 338 g/mol. The van der Waals surface area contributed by atoms with Gasteiger partial charge in [-0.25, -0.2) is 5.43 Å². The average molecular weight is 361 g/mol. The first-order valence-electron chi connectivity index (χ1n) is 7.85. The third-order valence-corrected chi connectivity index (χ3v) is 4.21. The lowest BCUT2D eigenvalue weighted by molar-refractivity contribution is -0.345. The van der Waals surface area contributed by atoms with Crippen molar-refractivity contribution in [3.05, 3.63) is 53.9 Å². The summed E-state index contributed by atoms with van der Waals surface area (Å²) in [5.74, 6) is -2.90. The Kier molecular flexibility index (Phi) is 6.38. The maximum absolute atomic E-state index is 12.1. The van der Waals surface area contributed by atoms with Gasteiger partial charge in [-0.15, -0.1) is 0 Å². The van der Waals surface area contributed by atoms with E-state index in [-0.39, 0.29) is 5.91 Å². The van der Waals surface area contributed by atoms with Gasteiger partial charge in [-0.05, 0) is 36.8 Å². The Morgan fingerprint density at radius 3 is 2.15 bits per heavy atom. The van der Waals surface area contributed by atoms with E-state index in [9.17, 15) is 4.79 Å². The second-order valence-electron chi connectivity index (χ2n) is 5.46. The molecule has 0 unspecified atom stereocenters. The number of nitrogens with one attached hydrogen (secondary N) is 1. The molecule has 0 aliphatic heterocycles. The van der Waals surface area contributed by atoms with Crippen LogP contribution in [0.1, 0.15) is 17.3 Å². The van der Waals surface area contributed by atoms with Crippen LogP contribution in [0, 0.1) is 0 Å². The van der Waals surface area contributed by atoms with E-state index in [2.05, 4.69) is 15.5 Å². The normalized spacial score (nSPS) is 18.3. The lowest BCUT2D eigenvalue weighted by Crippen LogP contribution is -2.58. The van der Waals surface area contributed by atoms with Crippen LogP contribution in [0.4, 0.5) is 0 Å². The lowest BCUT2D eigenvalue weighted by atomic mass is 9.93. The number of nitrogens with zero attached hydrogens (tertiary/aromatic N) is 2. The van der Waals surface area contributed by atoms with Gasteiger partial charge in [0.2, 0.25) is 11.6 Å². The molecule has 8 heteroatoms. The molecule has 0 saturated carbocycles. The van der Waals surface area contributed by atoms with Crippen molar-refractivity contribution in [1.29, 1.82) is 0 Å². The monoisotopic (exact) mass is 361 g/mol. The fourth-order valence-electron chi connectivity index (χ4n) is 2.65. The summed E-state index contributed by atoms with van der Waals surface area (Å²) in [6.45, 7) is 1.76. The Morgan fingerprint density at radius 2 is 1.62 bits per heavy atom. The Labute approximate surface area is 152 Å². The van der Waals surface area contributed by atoms with E-state index in [1.807, 2.05) is 0 Å². The highest BCUT2D eigenvalue weighted by molar-refractivity contribution is 6.02. The van der Waals surface area contributed by atoms with E-state index in [1.165, 1.54) is 28.4 Å². The molecule has 0 bridgehead atoms. The van der Waals surface area contributed by atoms with E-state index < -0.39 is 11.6 Å². The van der Waals surface area contributed by atoms with Crippen LogP contribution < -0.4 is 5.43 Å². The summed E-state index contributed by atoms with van der Waals surface area (Å²) in [6, 6.07) is 3.21. The van der Waals surface area contributed by atoms with Crippen molar-refractivity contribution in [2.24, 2.45) is 5.10 Å². The quantitative estimate of drug-likeness (QED) is 0.451. The first-order valence-corrected chi connectivity index (χ1v) is 7.85. The SMILES string of the molecule is COC1(OC)C=CC(/C(C)=N/NC(=O)c2ccncc2)=CC1(OC)OC. The summed E-state index contributed by atoms with van der Waals surface area (Å²) in [5, 5.41) is 4.14. The van der Waals surface area contributed by atoms with Crippen molar-refractivity contribution in [2.45, 2.75) is 18.5 Å². The number of pyridine rings is 1. The van der Waals surface area contributed by atoms with Crippen molar-refractivity contribution in [3.8, 4) is 0 Å². The third kappa shape index (κ3) is 3.58. The molecule has 2 rings (SSSR count). The highest BCUT2D eigenvalue weighted by Gasteiger charge is 2.53. The average Bonchev–Trinajstić information content (AvgIpc) is 2.71. The first-order chi connectivity index (χ1) is 12.5. The van der Waals surface area contributed by atoms with Gasteiger partial charge in [-0.2, -0.15) is 5.10 Å². The summed E-state index contributed by atoms with van der Waals surface area (Å²) in [6.07, 6.45) is 8.22. The molecule has 8 nitrogen and oxygen atoms in total. The van der Waals surface area contributed by atoms with Gasteiger partial charge in [0.25, 0.3) is 5.91 Å². The van der Waals surface area contributed by atoms with Crippen LogP contribution in [0.15, 0.2) is 53.4 Å². The number of allylic oxidation sites excluding steroid dienone is 2. The molecule has 1 amide bonds. The van der Waals surface area contributed by atoms with Crippen LogP contribution in [-0.4, -0.2) is 56.6 Å². The number of hydrogen-bond acceptors (Lipinski definition) is 7. The molecule has 1 N–H and O–H groups in total. The van der Waals surface area contributed by atoms with Crippen LogP contribution in [0.3, 0.4) is 0 Å². The van der Waals surface area contributed by atoms with Crippen molar-refractivity contribution in [3.63, 3.8) is 0 Å². The fourth-order valence-corrected chi connectivity index (χ4v) is 2.65. The Hall–Kier alpha value is -2.39. The molecule has 26 heavy (non-hydrogen) atoms. The van der Waals surface area contributed by atoms with Crippen LogP contribution in [0.2, 0.25) is 0 Å². The highest BCUT2D eigenvalue weighted by atomic mass is 16.8. The zero-order valence-corrected chi connectivity index (χ0v) is 15.5. The minimum absolute atomic E-state index is 0.333. The van der Waals surface area contributed by atoms with Crippen LogP contribution >= 0.6 is 0 Å². The number of amides is 1. The fraction of sp³-hybridized carbons (Fsp3) is 0.389. The van der Waals surface area contributed by atoms with Gasteiger partial charge in [0.05, 0.1) is 5.71 Å². The summed E-state index contributed by atoms with van der Waals surface area (Å²) >= 11 is 0. The lowest BCUT2D eigenvalue weighted by Gasteiger charge is -2.44. The summed E-state index contributed by atoms with van der Waals surface area (Å²) in [7, 11) is 5.97. The molecule has 1 aromatic heterocycles. The highest BCUT2D eigenvalue weighted by Crippen LogP contribution is 2.38. The van der Waals surface area contributed by atoms with E-state index in [0.29, 0.717) is 16.8 Å². The number of hydrogen-bond donors (Lipinski definition) is 1. The number of hydrazone groups is 1. The second kappa shape index (κ2) is 8.33. The number of ether oxygens (including phenoxy) is 4.